The van der Waals surface area contributed by atoms with Crippen LogP contribution in [0, 0.1) is 6.92 Å². The molecule has 0 spiro atoms. The van der Waals surface area contributed by atoms with Gasteiger partial charge >= 0.3 is 0 Å². The molecule has 0 amide bonds. The Morgan fingerprint density at radius 1 is 1.11 bits per heavy atom. The first-order valence-electron chi connectivity index (χ1n) is 9.87. The molecule has 0 N–H and O–H groups in total. The zero-order chi connectivity index (χ0) is 19.0. The Hall–Kier alpha value is -2.62. The largest absolute Gasteiger partial charge is 0.357 e. The molecule has 0 atom stereocenters. The Balaban J connectivity index is 1.54. The fourth-order valence-corrected chi connectivity index (χ4v) is 4.07. The van der Waals surface area contributed by atoms with Crippen LogP contribution >= 0.6 is 0 Å². The Kier molecular flexibility index (Phi) is 4.73. The summed E-state index contributed by atoms with van der Waals surface area (Å²) in [7, 11) is 1.80. The lowest BCUT2D eigenvalue weighted by Gasteiger charge is -2.33. The first kappa shape index (κ1) is 17.8. The number of fused-ring (bicyclic) bond motifs is 1. The summed E-state index contributed by atoms with van der Waals surface area (Å²) in [5.74, 6) is 1.54. The number of hydrogen-bond acceptors (Lipinski definition) is 3. The highest BCUT2D eigenvalue weighted by Gasteiger charge is 2.22. The number of benzene rings is 1. The van der Waals surface area contributed by atoms with Crippen molar-refractivity contribution in [1.82, 2.24) is 9.55 Å². The van der Waals surface area contributed by atoms with Gasteiger partial charge in [0.1, 0.15) is 5.82 Å². The van der Waals surface area contributed by atoms with E-state index in [1.54, 1.807) is 17.7 Å². The van der Waals surface area contributed by atoms with Crippen LogP contribution in [0.3, 0.4) is 0 Å². The zero-order valence-corrected chi connectivity index (χ0v) is 16.4. The topological polar surface area (TPSA) is 38.1 Å². The van der Waals surface area contributed by atoms with Crippen molar-refractivity contribution in [1.29, 1.82) is 0 Å². The highest BCUT2D eigenvalue weighted by molar-refractivity contribution is 5.84. The molecule has 140 valence electrons. The molecule has 1 aliphatic heterocycles. The van der Waals surface area contributed by atoms with E-state index < -0.39 is 0 Å². The Labute approximate surface area is 160 Å². The van der Waals surface area contributed by atoms with Gasteiger partial charge in [0.25, 0.3) is 5.56 Å². The van der Waals surface area contributed by atoms with Crippen molar-refractivity contribution >= 4 is 16.7 Å². The number of pyridine rings is 2. The minimum atomic E-state index is 0.0770. The van der Waals surface area contributed by atoms with Gasteiger partial charge in [-0.25, -0.2) is 4.98 Å². The van der Waals surface area contributed by atoms with Crippen molar-refractivity contribution in [3.63, 3.8) is 0 Å². The fraction of sp³-hybridized carbons (Fsp3) is 0.391. The second-order valence-corrected chi connectivity index (χ2v) is 7.67. The molecule has 0 radical (unpaired) electrons. The van der Waals surface area contributed by atoms with Gasteiger partial charge in [-0.05, 0) is 73.1 Å². The standard InChI is InChI=1S/C23H27N3O/c1-4-17-5-6-21-20(14-17)16(2)13-22(24-21)26-11-8-18(9-12-26)19-7-10-25(3)23(27)15-19/h5-7,10,13-15,18H,4,8-9,11-12H2,1-3H3. The summed E-state index contributed by atoms with van der Waals surface area (Å²) in [6, 6.07) is 12.7. The number of aromatic nitrogens is 2. The first-order chi connectivity index (χ1) is 13.0. The lowest BCUT2D eigenvalue weighted by molar-refractivity contribution is 0.501. The van der Waals surface area contributed by atoms with Gasteiger partial charge in [0.2, 0.25) is 0 Å². The molecule has 0 aliphatic carbocycles. The van der Waals surface area contributed by atoms with Crippen molar-refractivity contribution in [3.8, 4) is 0 Å². The van der Waals surface area contributed by atoms with Crippen molar-refractivity contribution < 1.29 is 0 Å². The van der Waals surface area contributed by atoms with Gasteiger partial charge in [0.15, 0.2) is 0 Å². The number of aryl methyl sites for hydroxylation is 3. The van der Waals surface area contributed by atoms with Gasteiger partial charge in [0.05, 0.1) is 5.52 Å². The average Bonchev–Trinajstić information content (AvgIpc) is 2.70. The van der Waals surface area contributed by atoms with Gasteiger partial charge < -0.3 is 9.47 Å². The van der Waals surface area contributed by atoms with Gasteiger partial charge in [-0.15, -0.1) is 0 Å². The number of piperidine rings is 1. The summed E-state index contributed by atoms with van der Waals surface area (Å²) in [6.45, 7) is 6.32. The van der Waals surface area contributed by atoms with E-state index in [0.29, 0.717) is 5.92 Å². The SMILES string of the molecule is CCc1ccc2nc(N3CCC(c4ccn(C)c(=O)c4)CC3)cc(C)c2c1. The predicted molar refractivity (Wildman–Crippen MR) is 112 cm³/mol. The molecule has 27 heavy (non-hydrogen) atoms. The van der Waals surface area contributed by atoms with Crippen LogP contribution in [-0.4, -0.2) is 22.6 Å². The molecule has 1 fully saturated rings. The summed E-state index contributed by atoms with van der Waals surface area (Å²) in [6.07, 6.45) is 5.04. The highest BCUT2D eigenvalue weighted by Crippen LogP contribution is 2.31. The number of nitrogens with zero attached hydrogens (tertiary/aromatic N) is 3. The number of anilines is 1. The lowest BCUT2D eigenvalue weighted by atomic mass is 9.90. The third-order valence-electron chi connectivity index (χ3n) is 5.89. The summed E-state index contributed by atoms with van der Waals surface area (Å²) in [4.78, 5) is 19.2. The molecule has 4 heteroatoms. The van der Waals surface area contributed by atoms with E-state index in [9.17, 15) is 4.79 Å². The van der Waals surface area contributed by atoms with Gasteiger partial charge in [-0.3, -0.25) is 4.79 Å². The normalized spacial score (nSPS) is 15.4. The quantitative estimate of drug-likeness (QED) is 0.702. The lowest BCUT2D eigenvalue weighted by Crippen LogP contribution is -2.34. The maximum Gasteiger partial charge on any atom is 0.250 e. The smallest absolute Gasteiger partial charge is 0.250 e. The van der Waals surface area contributed by atoms with E-state index in [2.05, 4.69) is 49.1 Å². The zero-order valence-electron chi connectivity index (χ0n) is 16.4. The van der Waals surface area contributed by atoms with Crippen LogP contribution in [0.5, 0.6) is 0 Å². The van der Waals surface area contributed by atoms with Crippen LogP contribution in [0.2, 0.25) is 0 Å². The molecule has 0 bridgehead atoms. The van der Waals surface area contributed by atoms with Crippen LogP contribution in [0.15, 0.2) is 47.4 Å². The minimum absolute atomic E-state index is 0.0770. The third-order valence-corrected chi connectivity index (χ3v) is 5.89. The van der Waals surface area contributed by atoms with Gasteiger partial charge in [-0.2, -0.15) is 0 Å². The van der Waals surface area contributed by atoms with E-state index in [0.717, 1.165) is 43.7 Å². The van der Waals surface area contributed by atoms with E-state index in [1.807, 2.05) is 6.20 Å². The molecular weight excluding hydrogens is 334 g/mol. The maximum atomic E-state index is 11.9. The van der Waals surface area contributed by atoms with Crippen LogP contribution in [0.25, 0.3) is 10.9 Å². The third kappa shape index (κ3) is 3.48. The average molecular weight is 361 g/mol. The van der Waals surface area contributed by atoms with Crippen molar-refractivity contribution in [2.45, 2.75) is 39.0 Å². The van der Waals surface area contributed by atoms with Crippen LogP contribution < -0.4 is 10.5 Å². The molecule has 0 saturated carbocycles. The summed E-state index contributed by atoms with van der Waals surface area (Å²) in [5.41, 5.74) is 4.98. The molecule has 3 heterocycles. The summed E-state index contributed by atoms with van der Waals surface area (Å²) >= 11 is 0. The van der Waals surface area contributed by atoms with Crippen LogP contribution in [0.4, 0.5) is 5.82 Å². The van der Waals surface area contributed by atoms with Crippen LogP contribution in [0.1, 0.15) is 42.4 Å². The first-order valence-corrected chi connectivity index (χ1v) is 9.87. The summed E-state index contributed by atoms with van der Waals surface area (Å²) in [5, 5.41) is 1.26. The molecule has 1 aromatic carbocycles. The van der Waals surface area contributed by atoms with Crippen molar-refractivity contribution in [3.05, 3.63) is 69.6 Å². The Bertz CT molecular complexity index is 1030. The number of hydrogen-bond donors (Lipinski definition) is 0. The minimum Gasteiger partial charge on any atom is -0.357 e. The molecular formula is C23H27N3O. The predicted octanol–water partition coefficient (Wildman–Crippen LogP) is 4.19. The molecule has 4 rings (SSSR count). The fourth-order valence-electron chi connectivity index (χ4n) is 4.07. The maximum absolute atomic E-state index is 11.9. The van der Waals surface area contributed by atoms with Crippen LogP contribution in [-0.2, 0) is 13.5 Å². The van der Waals surface area contributed by atoms with E-state index in [1.165, 1.54) is 22.1 Å². The Morgan fingerprint density at radius 3 is 2.59 bits per heavy atom. The summed E-state index contributed by atoms with van der Waals surface area (Å²) < 4.78 is 1.63. The molecule has 3 aromatic rings. The second-order valence-electron chi connectivity index (χ2n) is 7.67. The van der Waals surface area contributed by atoms with E-state index in [4.69, 9.17) is 4.98 Å². The molecule has 1 aliphatic rings. The number of rotatable bonds is 3. The second kappa shape index (κ2) is 7.18. The van der Waals surface area contributed by atoms with Gasteiger partial charge in [0, 0.05) is 37.8 Å². The molecule has 0 unspecified atom stereocenters. The Morgan fingerprint density at radius 2 is 1.89 bits per heavy atom. The van der Waals surface area contributed by atoms with Gasteiger partial charge in [-0.1, -0.05) is 13.0 Å². The van der Waals surface area contributed by atoms with E-state index >= 15 is 0 Å². The van der Waals surface area contributed by atoms with Crippen molar-refractivity contribution in [2.24, 2.45) is 7.05 Å². The highest BCUT2D eigenvalue weighted by atomic mass is 16.1. The molecule has 4 nitrogen and oxygen atoms in total. The van der Waals surface area contributed by atoms with E-state index in [-0.39, 0.29) is 5.56 Å². The van der Waals surface area contributed by atoms with Crippen molar-refractivity contribution in [2.75, 3.05) is 18.0 Å². The molecule has 1 saturated heterocycles. The molecule has 2 aromatic heterocycles. The monoisotopic (exact) mass is 361 g/mol.